The Kier molecular flexibility index (Phi) is 17.9. The van der Waals surface area contributed by atoms with E-state index < -0.39 is 0 Å². The van der Waals surface area contributed by atoms with Crippen molar-refractivity contribution in [3.8, 4) is 0 Å². The Hall–Kier alpha value is -0.540. The van der Waals surface area contributed by atoms with Gasteiger partial charge in [-0.1, -0.05) is 0 Å². The van der Waals surface area contributed by atoms with Gasteiger partial charge in [0.15, 0.2) is 0 Å². The van der Waals surface area contributed by atoms with Gasteiger partial charge in [-0.25, -0.2) is 0 Å². The first kappa shape index (κ1) is 24.5. The van der Waals surface area contributed by atoms with Crippen LogP contribution in [0.15, 0.2) is 12.3 Å². The van der Waals surface area contributed by atoms with Crippen LogP contribution in [-0.4, -0.2) is 105 Å². The molecule has 7 heteroatoms. The van der Waals surface area contributed by atoms with Crippen molar-refractivity contribution >= 4 is 0 Å². The van der Waals surface area contributed by atoms with Gasteiger partial charge < -0.3 is 28.4 Å². The van der Waals surface area contributed by atoms with Crippen LogP contribution in [0.1, 0.15) is 6.92 Å². The molecule has 0 rings (SSSR count). The van der Waals surface area contributed by atoms with Gasteiger partial charge in [0.1, 0.15) is 19.6 Å². The standard InChI is InChI=1S/C18H38NO6/c1-5-6-19(7-10-23-16-13-20-2,8-11-24-17-14-21-3)9-12-25-18-15-22-4/h5-6H,7-18H2,1-4H3/q+1. The second-order valence-corrected chi connectivity index (χ2v) is 5.69. The number of methoxy groups -OCH3 is 3. The van der Waals surface area contributed by atoms with Gasteiger partial charge in [0.05, 0.1) is 65.7 Å². The lowest BCUT2D eigenvalue weighted by molar-refractivity contribution is -0.881. The zero-order chi connectivity index (χ0) is 18.6. The maximum absolute atomic E-state index is 5.67. The molecule has 0 spiro atoms. The predicted octanol–water partition coefficient (Wildman–Crippen LogP) is 1.33. The summed E-state index contributed by atoms with van der Waals surface area (Å²) in [5, 5.41) is 0. The van der Waals surface area contributed by atoms with Crippen molar-refractivity contribution in [2.24, 2.45) is 0 Å². The highest BCUT2D eigenvalue weighted by molar-refractivity contribution is 4.69. The number of allylic oxidation sites excluding steroid dienone is 1. The molecule has 0 unspecified atom stereocenters. The summed E-state index contributed by atoms with van der Waals surface area (Å²) in [6, 6.07) is 0. The Bertz CT molecular complexity index is 265. The van der Waals surface area contributed by atoms with Crippen molar-refractivity contribution in [2.45, 2.75) is 6.92 Å². The lowest BCUT2D eigenvalue weighted by atomic mass is 10.3. The van der Waals surface area contributed by atoms with Crippen LogP contribution in [-0.2, 0) is 28.4 Å². The van der Waals surface area contributed by atoms with E-state index in [9.17, 15) is 0 Å². The molecule has 0 heterocycles. The maximum atomic E-state index is 5.67. The van der Waals surface area contributed by atoms with Gasteiger partial charge in [0.2, 0.25) is 0 Å². The van der Waals surface area contributed by atoms with Crippen molar-refractivity contribution in [1.82, 2.24) is 0 Å². The molecule has 0 N–H and O–H groups in total. The maximum Gasteiger partial charge on any atom is 0.107 e. The average Bonchev–Trinajstić information content (AvgIpc) is 2.61. The molecule has 7 nitrogen and oxygen atoms in total. The quantitative estimate of drug-likeness (QED) is 0.255. The van der Waals surface area contributed by atoms with Crippen molar-refractivity contribution in [3.63, 3.8) is 0 Å². The van der Waals surface area contributed by atoms with Gasteiger partial charge in [-0.2, -0.15) is 0 Å². The van der Waals surface area contributed by atoms with Gasteiger partial charge in [0.25, 0.3) is 0 Å². The van der Waals surface area contributed by atoms with E-state index in [1.165, 1.54) is 0 Å². The molecule has 0 aromatic rings. The van der Waals surface area contributed by atoms with E-state index in [1.54, 1.807) is 21.3 Å². The molecule has 0 aliphatic carbocycles. The van der Waals surface area contributed by atoms with Crippen LogP contribution < -0.4 is 0 Å². The largest absolute Gasteiger partial charge is 0.382 e. The topological polar surface area (TPSA) is 55.4 Å². The average molecular weight is 365 g/mol. The van der Waals surface area contributed by atoms with Crippen LogP contribution in [0.25, 0.3) is 0 Å². The van der Waals surface area contributed by atoms with Crippen molar-refractivity contribution < 1.29 is 32.9 Å². The fourth-order valence-electron chi connectivity index (χ4n) is 2.35. The van der Waals surface area contributed by atoms with Gasteiger partial charge in [-0.15, -0.1) is 0 Å². The van der Waals surface area contributed by atoms with E-state index in [2.05, 4.69) is 12.3 Å². The number of quaternary nitrogens is 1. The summed E-state index contributed by atoms with van der Waals surface area (Å²) in [5.41, 5.74) is 0. The number of ether oxygens (including phenoxy) is 6. The molecule has 0 atom stereocenters. The highest BCUT2D eigenvalue weighted by atomic mass is 16.5. The van der Waals surface area contributed by atoms with Gasteiger partial charge in [0, 0.05) is 21.3 Å². The minimum Gasteiger partial charge on any atom is -0.382 e. The summed E-state index contributed by atoms with van der Waals surface area (Å²) in [7, 11) is 5.04. The number of nitrogens with zero attached hydrogens (tertiary/aromatic N) is 1. The number of rotatable bonds is 19. The minimum atomic E-state index is 0.612. The van der Waals surface area contributed by atoms with Crippen molar-refractivity contribution in [2.75, 3.05) is 100 Å². The zero-order valence-electron chi connectivity index (χ0n) is 16.5. The molecule has 0 aromatic heterocycles. The van der Waals surface area contributed by atoms with Crippen molar-refractivity contribution in [3.05, 3.63) is 12.3 Å². The lowest BCUT2D eigenvalue weighted by Gasteiger charge is -2.35. The fraction of sp³-hybridized carbons (Fsp3) is 0.889. The highest BCUT2D eigenvalue weighted by Crippen LogP contribution is 2.09. The van der Waals surface area contributed by atoms with E-state index in [-0.39, 0.29) is 0 Å². The number of hydrogen-bond acceptors (Lipinski definition) is 6. The van der Waals surface area contributed by atoms with Crippen LogP contribution in [0.3, 0.4) is 0 Å². The normalized spacial score (nSPS) is 12.3. The second-order valence-electron chi connectivity index (χ2n) is 5.69. The molecule has 0 bridgehead atoms. The molecule has 0 aliphatic heterocycles. The molecular weight excluding hydrogens is 326 g/mol. The summed E-state index contributed by atoms with van der Waals surface area (Å²) < 4.78 is 32.8. The molecule has 0 saturated heterocycles. The van der Waals surface area contributed by atoms with Crippen LogP contribution in [0.4, 0.5) is 0 Å². The predicted molar refractivity (Wildman–Crippen MR) is 97.8 cm³/mol. The molecule has 150 valence electrons. The van der Waals surface area contributed by atoms with Gasteiger partial charge in [-0.05, 0) is 13.0 Å². The molecule has 0 aliphatic rings. The Balaban J connectivity index is 4.46. The van der Waals surface area contributed by atoms with E-state index in [0.717, 1.165) is 24.1 Å². The summed E-state index contributed by atoms with van der Waals surface area (Å²) in [6.07, 6.45) is 4.29. The first-order valence-corrected chi connectivity index (χ1v) is 8.94. The Morgan fingerprint density at radius 1 is 0.560 bits per heavy atom. The third-order valence-electron chi connectivity index (χ3n) is 3.80. The first-order chi connectivity index (χ1) is 12.2. The van der Waals surface area contributed by atoms with Crippen LogP contribution in [0.2, 0.25) is 0 Å². The molecule has 0 radical (unpaired) electrons. The van der Waals surface area contributed by atoms with Crippen LogP contribution >= 0.6 is 0 Å². The summed E-state index contributed by atoms with van der Waals surface area (Å²) >= 11 is 0. The fourth-order valence-corrected chi connectivity index (χ4v) is 2.35. The van der Waals surface area contributed by atoms with Crippen LogP contribution in [0.5, 0.6) is 0 Å². The Morgan fingerprint density at radius 2 is 0.920 bits per heavy atom. The summed E-state index contributed by atoms with van der Waals surface area (Å²) in [4.78, 5) is 0. The molecular formula is C18H38NO6+. The van der Waals surface area contributed by atoms with E-state index in [0.29, 0.717) is 59.5 Å². The number of hydrogen-bond donors (Lipinski definition) is 0. The van der Waals surface area contributed by atoms with Gasteiger partial charge >= 0.3 is 0 Å². The van der Waals surface area contributed by atoms with E-state index >= 15 is 0 Å². The Labute approximate surface area is 153 Å². The smallest absolute Gasteiger partial charge is 0.107 e. The van der Waals surface area contributed by atoms with Gasteiger partial charge in [-0.3, -0.25) is 4.48 Å². The van der Waals surface area contributed by atoms with E-state index in [4.69, 9.17) is 28.4 Å². The molecule has 0 saturated carbocycles. The van der Waals surface area contributed by atoms with Crippen molar-refractivity contribution in [1.29, 1.82) is 0 Å². The lowest BCUT2D eigenvalue weighted by Crippen LogP contribution is -2.49. The first-order valence-electron chi connectivity index (χ1n) is 8.94. The summed E-state index contributed by atoms with van der Waals surface area (Å²) in [5.74, 6) is 0. The molecule has 0 aromatic carbocycles. The molecule has 25 heavy (non-hydrogen) atoms. The second kappa shape index (κ2) is 18.3. The summed E-state index contributed by atoms with van der Waals surface area (Å²) in [6.45, 7) is 10.3. The zero-order valence-corrected chi connectivity index (χ0v) is 16.5. The molecule has 0 fully saturated rings. The SMILES string of the molecule is CC=C[N+](CCOCCOC)(CCOCCOC)CCOCCOC. The third-order valence-corrected chi connectivity index (χ3v) is 3.80. The molecule has 0 amide bonds. The minimum absolute atomic E-state index is 0.612. The Morgan fingerprint density at radius 3 is 1.20 bits per heavy atom. The third kappa shape index (κ3) is 14.3. The monoisotopic (exact) mass is 364 g/mol. The van der Waals surface area contributed by atoms with E-state index in [1.807, 2.05) is 6.92 Å². The highest BCUT2D eigenvalue weighted by Gasteiger charge is 2.24. The van der Waals surface area contributed by atoms with Crippen LogP contribution in [0, 0.1) is 0 Å².